The van der Waals surface area contributed by atoms with Gasteiger partial charge in [-0.3, -0.25) is 4.79 Å². The molecule has 0 aliphatic carbocycles. The Balaban J connectivity index is 1.34. The average Bonchev–Trinajstić information content (AvgIpc) is 2.75. The molecule has 0 saturated carbocycles. The second kappa shape index (κ2) is 11.1. The summed E-state index contributed by atoms with van der Waals surface area (Å²) in [5, 5.41) is 3.06. The van der Waals surface area contributed by atoms with Gasteiger partial charge in [0.1, 0.15) is 0 Å². The molecule has 0 bridgehead atoms. The molecule has 1 aromatic carbocycles. The van der Waals surface area contributed by atoms with Gasteiger partial charge in [0.05, 0.1) is 5.75 Å². The van der Waals surface area contributed by atoms with Crippen molar-refractivity contribution in [3.63, 3.8) is 0 Å². The summed E-state index contributed by atoms with van der Waals surface area (Å²) in [7, 11) is -3.24. The standard InChI is InChI=1S/C22H35N3O3S/c26-22(23-13-18-24-14-5-2-6-15-24)21-11-16-25(17-12-21)29(27,28)19-7-10-20-8-3-1-4-9-20/h1,3-4,8-9,21H,2,5-7,10-19H2,(H,23,26). The molecule has 1 amide bonds. The number of likely N-dealkylation sites (tertiary alicyclic amines) is 1. The number of sulfonamides is 1. The number of carbonyl (C=O) groups is 1. The number of benzene rings is 1. The minimum absolute atomic E-state index is 0.0628. The van der Waals surface area contributed by atoms with Crippen molar-refractivity contribution in [1.82, 2.24) is 14.5 Å². The van der Waals surface area contributed by atoms with Crippen LogP contribution in [0.1, 0.15) is 44.1 Å². The zero-order valence-electron chi connectivity index (χ0n) is 17.4. The molecule has 0 unspecified atom stereocenters. The van der Waals surface area contributed by atoms with E-state index in [1.165, 1.54) is 24.8 Å². The predicted molar refractivity (Wildman–Crippen MR) is 116 cm³/mol. The summed E-state index contributed by atoms with van der Waals surface area (Å²) in [4.78, 5) is 14.8. The van der Waals surface area contributed by atoms with E-state index in [0.717, 1.165) is 26.1 Å². The third kappa shape index (κ3) is 7.08. The van der Waals surface area contributed by atoms with Crippen LogP contribution in [0.4, 0.5) is 0 Å². The second-order valence-electron chi connectivity index (χ2n) is 8.27. The molecule has 1 aromatic rings. The monoisotopic (exact) mass is 421 g/mol. The van der Waals surface area contributed by atoms with Gasteiger partial charge in [-0.05, 0) is 57.2 Å². The highest BCUT2D eigenvalue weighted by atomic mass is 32.2. The Hall–Kier alpha value is -1.44. The summed E-state index contributed by atoms with van der Waals surface area (Å²) in [5.41, 5.74) is 1.17. The number of piperidine rings is 2. The molecule has 0 atom stereocenters. The van der Waals surface area contributed by atoms with Crippen LogP contribution < -0.4 is 5.32 Å². The van der Waals surface area contributed by atoms with Gasteiger partial charge in [-0.2, -0.15) is 0 Å². The zero-order chi connectivity index (χ0) is 20.5. The molecule has 162 valence electrons. The lowest BCUT2D eigenvalue weighted by molar-refractivity contribution is -0.126. The highest BCUT2D eigenvalue weighted by Crippen LogP contribution is 2.21. The minimum atomic E-state index is -3.24. The molecule has 0 spiro atoms. The Morgan fingerprint density at radius 1 is 1.00 bits per heavy atom. The summed E-state index contributed by atoms with van der Waals surface area (Å²) in [6.07, 6.45) is 6.47. The normalized spacial score (nSPS) is 19.9. The number of nitrogens with one attached hydrogen (secondary N) is 1. The molecule has 2 aliphatic heterocycles. The molecule has 7 heteroatoms. The van der Waals surface area contributed by atoms with Crippen molar-refractivity contribution >= 4 is 15.9 Å². The predicted octanol–water partition coefficient (Wildman–Crippen LogP) is 2.26. The maximum Gasteiger partial charge on any atom is 0.223 e. The first-order chi connectivity index (χ1) is 14.0. The molecule has 6 nitrogen and oxygen atoms in total. The molecule has 1 N–H and O–H groups in total. The maximum atomic E-state index is 12.6. The highest BCUT2D eigenvalue weighted by Gasteiger charge is 2.30. The Kier molecular flexibility index (Phi) is 8.51. The Morgan fingerprint density at radius 2 is 1.69 bits per heavy atom. The SMILES string of the molecule is O=C(NCCN1CCCCC1)C1CCN(S(=O)(=O)CCCc2ccccc2)CC1. The largest absolute Gasteiger partial charge is 0.355 e. The van der Waals surface area contributed by atoms with Gasteiger partial charge in [0, 0.05) is 32.1 Å². The molecule has 0 aromatic heterocycles. The lowest BCUT2D eigenvalue weighted by Crippen LogP contribution is -2.45. The van der Waals surface area contributed by atoms with Crippen molar-refractivity contribution < 1.29 is 13.2 Å². The van der Waals surface area contributed by atoms with E-state index in [1.54, 1.807) is 4.31 Å². The number of rotatable bonds is 9. The molecule has 0 radical (unpaired) electrons. The van der Waals surface area contributed by atoms with E-state index in [9.17, 15) is 13.2 Å². The van der Waals surface area contributed by atoms with E-state index < -0.39 is 10.0 Å². The Labute approximate surface area is 175 Å². The Morgan fingerprint density at radius 3 is 2.38 bits per heavy atom. The van der Waals surface area contributed by atoms with Gasteiger partial charge in [-0.25, -0.2) is 12.7 Å². The van der Waals surface area contributed by atoms with Gasteiger partial charge in [-0.15, -0.1) is 0 Å². The molecule has 2 saturated heterocycles. The van der Waals surface area contributed by atoms with Crippen LogP contribution in [-0.4, -0.2) is 68.6 Å². The number of carbonyl (C=O) groups excluding carboxylic acids is 1. The first-order valence-corrected chi connectivity index (χ1v) is 12.7. The average molecular weight is 422 g/mol. The van der Waals surface area contributed by atoms with E-state index in [4.69, 9.17) is 0 Å². The van der Waals surface area contributed by atoms with E-state index in [0.29, 0.717) is 38.9 Å². The molecule has 2 fully saturated rings. The quantitative estimate of drug-likeness (QED) is 0.664. The van der Waals surface area contributed by atoms with Crippen LogP contribution in [-0.2, 0) is 21.2 Å². The molecular weight excluding hydrogens is 386 g/mol. The van der Waals surface area contributed by atoms with Crippen LogP contribution in [0.15, 0.2) is 30.3 Å². The van der Waals surface area contributed by atoms with Gasteiger partial charge in [0.2, 0.25) is 15.9 Å². The van der Waals surface area contributed by atoms with Crippen LogP contribution >= 0.6 is 0 Å². The molecular formula is C22H35N3O3S. The number of hydrogen-bond acceptors (Lipinski definition) is 4. The highest BCUT2D eigenvalue weighted by molar-refractivity contribution is 7.89. The summed E-state index contributed by atoms with van der Waals surface area (Å²) < 4.78 is 26.8. The van der Waals surface area contributed by atoms with Crippen molar-refractivity contribution in [3.8, 4) is 0 Å². The Bertz CT molecular complexity index is 725. The third-order valence-electron chi connectivity index (χ3n) is 6.10. The smallest absolute Gasteiger partial charge is 0.223 e. The topological polar surface area (TPSA) is 69.7 Å². The summed E-state index contributed by atoms with van der Waals surface area (Å²) in [6, 6.07) is 9.98. The lowest BCUT2D eigenvalue weighted by atomic mass is 9.97. The van der Waals surface area contributed by atoms with Gasteiger partial charge < -0.3 is 10.2 Å². The summed E-state index contributed by atoms with van der Waals surface area (Å²) in [5.74, 6) is 0.199. The van der Waals surface area contributed by atoms with Gasteiger partial charge in [-0.1, -0.05) is 36.8 Å². The fourth-order valence-electron chi connectivity index (χ4n) is 4.29. The van der Waals surface area contributed by atoms with Gasteiger partial charge >= 0.3 is 0 Å². The van der Waals surface area contributed by atoms with E-state index >= 15 is 0 Å². The zero-order valence-corrected chi connectivity index (χ0v) is 18.2. The fraction of sp³-hybridized carbons (Fsp3) is 0.682. The summed E-state index contributed by atoms with van der Waals surface area (Å²) >= 11 is 0. The number of amides is 1. The van der Waals surface area contributed by atoms with Crippen LogP contribution in [0.3, 0.4) is 0 Å². The second-order valence-corrected chi connectivity index (χ2v) is 10.4. The van der Waals surface area contributed by atoms with E-state index in [2.05, 4.69) is 10.2 Å². The summed E-state index contributed by atoms with van der Waals surface area (Å²) in [6.45, 7) is 4.79. The van der Waals surface area contributed by atoms with E-state index in [1.807, 2.05) is 30.3 Å². The van der Waals surface area contributed by atoms with Crippen molar-refractivity contribution in [3.05, 3.63) is 35.9 Å². The van der Waals surface area contributed by atoms with Crippen LogP contribution in [0.5, 0.6) is 0 Å². The van der Waals surface area contributed by atoms with E-state index in [-0.39, 0.29) is 17.6 Å². The molecule has 3 rings (SSSR count). The minimum Gasteiger partial charge on any atom is -0.355 e. The number of nitrogens with zero attached hydrogens (tertiary/aromatic N) is 2. The van der Waals surface area contributed by atoms with Crippen LogP contribution in [0, 0.1) is 5.92 Å². The molecule has 2 heterocycles. The van der Waals surface area contributed by atoms with Gasteiger partial charge in [0.15, 0.2) is 0 Å². The molecule has 2 aliphatic rings. The van der Waals surface area contributed by atoms with Crippen molar-refractivity contribution in [2.24, 2.45) is 5.92 Å². The third-order valence-corrected chi connectivity index (χ3v) is 8.06. The van der Waals surface area contributed by atoms with Crippen LogP contribution in [0.2, 0.25) is 0 Å². The first kappa shape index (κ1) is 22.2. The lowest BCUT2D eigenvalue weighted by Gasteiger charge is -2.31. The van der Waals surface area contributed by atoms with Crippen molar-refractivity contribution in [2.75, 3.05) is 45.0 Å². The van der Waals surface area contributed by atoms with Crippen LogP contribution in [0.25, 0.3) is 0 Å². The number of hydrogen-bond donors (Lipinski definition) is 1. The number of aryl methyl sites for hydroxylation is 1. The van der Waals surface area contributed by atoms with Crippen molar-refractivity contribution in [1.29, 1.82) is 0 Å². The van der Waals surface area contributed by atoms with Gasteiger partial charge in [0.25, 0.3) is 0 Å². The molecule has 29 heavy (non-hydrogen) atoms. The maximum absolute atomic E-state index is 12.6. The van der Waals surface area contributed by atoms with Crippen molar-refractivity contribution in [2.45, 2.75) is 44.9 Å². The fourth-order valence-corrected chi connectivity index (χ4v) is 5.83. The first-order valence-electron chi connectivity index (χ1n) is 11.1.